The van der Waals surface area contributed by atoms with Crippen LogP contribution in [0.4, 0.5) is 0 Å². The van der Waals surface area contributed by atoms with Gasteiger partial charge in [-0.05, 0) is 69.1 Å². The van der Waals surface area contributed by atoms with Crippen molar-refractivity contribution in [3.8, 4) is 0 Å². The van der Waals surface area contributed by atoms with Crippen LogP contribution in [0, 0.1) is 5.92 Å². The number of halogens is 1. The highest BCUT2D eigenvalue weighted by molar-refractivity contribution is 9.10. The summed E-state index contributed by atoms with van der Waals surface area (Å²) in [4.78, 5) is 14.6. The lowest BCUT2D eigenvalue weighted by molar-refractivity contribution is -0.154. The summed E-state index contributed by atoms with van der Waals surface area (Å²) in [6, 6.07) is 13.2. The van der Waals surface area contributed by atoms with Crippen molar-refractivity contribution in [3.05, 3.63) is 46.4 Å². The summed E-state index contributed by atoms with van der Waals surface area (Å²) in [5.74, 6) is 0.0175. The van der Waals surface area contributed by atoms with E-state index in [2.05, 4.69) is 64.2 Å². The monoisotopic (exact) mass is 403 g/mol. The lowest BCUT2D eigenvalue weighted by Gasteiger charge is -2.36. The molecule has 4 heteroatoms. The Morgan fingerprint density at radius 1 is 1.08 bits per heavy atom. The van der Waals surface area contributed by atoms with E-state index in [9.17, 15) is 4.79 Å². The van der Waals surface area contributed by atoms with Gasteiger partial charge >= 0.3 is 5.97 Å². The van der Waals surface area contributed by atoms with Gasteiger partial charge in [0, 0.05) is 10.5 Å². The number of carbonyl (C=O) groups excluding carboxylic acids is 1. The number of rotatable bonds is 4. The minimum absolute atomic E-state index is 0.0291. The molecule has 1 aliphatic rings. The molecule has 134 valence electrons. The maximum atomic E-state index is 12.1. The van der Waals surface area contributed by atoms with E-state index in [1.165, 1.54) is 16.3 Å². The largest absolute Gasteiger partial charge is 0.463 e. The zero-order chi connectivity index (χ0) is 18.0. The van der Waals surface area contributed by atoms with Gasteiger partial charge in [-0.1, -0.05) is 46.3 Å². The van der Waals surface area contributed by atoms with E-state index in [1.807, 2.05) is 13.8 Å². The SMILES string of the molecule is CC(C)OC(=O)C1CCN(C(C)c2ccc(Br)c3ccccc23)CC1. The molecule has 1 heterocycles. The van der Waals surface area contributed by atoms with Gasteiger partial charge in [0.1, 0.15) is 0 Å². The van der Waals surface area contributed by atoms with Crippen molar-refractivity contribution < 1.29 is 9.53 Å². The summed E-state index contributed by atoms with van der Waals surface area (Å²) in [7, 11) is 0. The van der Waals surface area contributed by atoms with Crippen LogP contribution in [0.3, 0.4) is 0 Å². The standard InChI is InChI=1S/C21H26BrNO2/c1-14(2)25-21(24)16-10-12-23(13-11-16)15(3)17-8-9-20(22)19-7-5-4-6-18(17)19/h4-9,14-16H,10-13H2,1-3H3. The molecule has 3 rings (SSSR count). The first kappa shape index (κ1) is 18.4. The number of likely N-dealkylation sites (tertiary alicyclic amines) is 1. The number of hydrogen-bond donors (Lipinski definition) is 0. The Morgan fingerprint density at radius 3 is 2.36 bits per heavy atom. The first-order valence-electron chi connectivity index (χ1n) is 9.09. The summed E-state index contributed by atoms with van der Waals surface area (Å²) in [5.41, 5.74) is 1.35. The van der Waals surface area contributed by atoms with Crippen molar-refractivity contribution in [2.75, 3.05) is 13.1 Å². The van der Waals surface area contributed by atoms with Crippen molar-refractivity contribution in [2.45, 2.75) is 45.8 Å². The fraction of sp³-hybridized carbons (Fsp3) is 0.476. The lowest BCUT2D eigenvalue weighted by atomic mass is 9.93. The second-order valence-electron chi connectivity index (χ2n) is 7.15. The van der Waals surface area contributed by atoms with Crippen LogP contribution in [-0.2, 0) is 9.53 Å². The van der Waals surface area contributed by atoms with Crippen LogP contribution in [0.15, 0.2) is 40.9 Å². The van der Waals surface area contributed by atoms with Crippen LogP contribution in [0.1, 0.15) is 45.2 Å². The van der Waals surface area contributed by atoms with Crippen LogP contribution in [0.2, 0.25) is 0 Å². The molecule has 1 aliphatic heterocycles. The van der Waals surface area contributed by atoms with Gasteiger partial charge in [0.15, 0.2) is 0 Å². The predicted molar refractivity (Wildman–Crippen MR) is 106 cm³/mol. The lowest BCUT2D eigenvalue weighted by Crippen LogP contribution is -2.38. The van der Waals surface area contributed by atoms with Crippen molar-refractivity contribution in [2.24, 2.45) is 5.92 Å². The molecular formula is C21H26BrNO2. The van der Waals surface area contributed by atoms with Crippen molar-refractivity contribution in [1.82, 2.24) is 4.90 Å². The fourth-order valence-corrected chi connectivity index (χ4v) is 4.18. The smallest absolute Gasteiger partial charge is 0.309 e. The van der Waals surface area contributed by atoms with Crippen molar-refractivity contribution >= 4 is 32.7 Å². The molecule has 0 aromatic heterocycles. The van der Waals surface area contributed by atoms with Crippen LogP contribution in [0.5, 0.6) is 0 Å². The third-order valence-electron chi connectivity index (χ3n) is 5.12. The molecule has 25 heavy (non-hydrogen) atoms. The minimum atomic E-state index is -0.0311. The van der Waals surface area contributed by atoms with Gasteiger partial charge in [-0.25, -0.2) is 0 Å². The van der Waals surface area contributed by atoms with Gasteiger partial charge in [0.05, 0.1) is 12.0 Å². The first-order valence-corrected chi connectivity index (χ1v) is 9.88. The zero-order valence-electron chi connectivity index (χ0n) is 15.2. The van der Waals surface area contributed by atoms with Gasteiger partial charge in [0.25, 0.3) is 0 Å². The van der Waals surface area contributed by atoms with Gasteiger partial charge in [-0.2, -0.15) is 0 Å². The Bertz CT molecular complexity index is 751. The molecule has 1 atom stereocenters. The number of piperidine rings is 1. The van der Waals surface area contributed by atoms with Crippen LogP contribution >= 0.6 is 15.9 Å². The van der Waals surface area contributed by atoms with Gasteiger partial charge in [0.2, 0.25) is 0 Å². The van der Waals surface area contributed by atoms with Crippen LogP contribution < -0.4 is 0 Å². The molecule has 1 unspecified atom stereocenters. The topological polar surface area (TPSA) is 29.5 Å². The number of ether oxygens (including phenoxy) is 1. The highest BCUT2D eigenvalue weighted by Gasteiger charge is 2.29. The van der Waals surface area contributed by atoms with E-state index < -0.39 is 0 Å². The summed E-state index contributed by atoms with van der Waals surface area (Å²) in [6.07, 6.45) is 1.73. The first-order chi connectivity index (χ1) is 12.0. The third kappa shape index (κ3) is 4.06. The molecule has 1 fully saturated rings. The molecule has 2 aromatic rings. The normalized spacial score (nSPS) is 17.8. The quantitative estimate of drug-likeness (QED) is 0.646. The van der Waals surface area contributed by atoms with E-state index in [4.69, 9.17) is 4.74 Å². The minimum Gasteiger partial charge on any atom is -0.463 e. The van der Waals surface area contributed by atoms with Gasteiger partial charge in [-0.3, -0.25) is 9.69 Å². The van der Waals surface area contributed by atoms with Crippen LogP contribution in [0.25, 0.3) is 10.8 Å². The van der Waals surface area contributed by atoms with Crippen molar-refractivity contribution in [1.29, 1.82) is 0 Å². The van der Waals surface area contributed by atoms with E-state index in [-0.39, 0.29) is 18.0 Å². The summed E-state index contributed by atoms with van der Waals surface area (Å²) < 4.78 is 6.51. The predicted octanol–water partition coefficient (Wildman–Crippen LogP) is 5.33. The number of nitrogens with zero attached hydrogens (tertiary/aromatic N) is 1. The number of benzene rings is 2. The average Bonchev–Trinajstić information content (AvgIpc) is 2.61. The summed E-state index contributed by atoms with van der Waals surface area (Å²) in [6.45, 7) is 7.96. The van der Waals surface area contributed by atoms with E-state index in [1.54, 1.807) is 0 Å². The Hall–Kier alpha value is -1.39. The molecule has 0 spiro atoms. The molecule has 2 aromatic carbocycles. The average molecular weight is 404 g/mol. The number of fused-ring (bicyclic) bond motifs is 1. The Balaban J connectivity index is 1.72. The van der Waals surface area contributed by atoms with Crippen molar-refractivity contribution in [3.63, 3.8) is 0 Å². The Morgan fingerprint density at radius 2 is 1.72 bits per heavy atom. The van der Waals surface area contributed by atoms with E-state index >= 15 is 0 Å². The van der Waals surface area contributed by atoms with Gasteiger partial charge in [-0.15, -0.1) is 0 Å². The molecule has 0 N–H and O–H groups in total. The molecule has 0 saturated carbocycles. The van der Waals surface area contributed by atoms with Gasteiger partial charge < -0.3 is 4.74 Å². The second-order valence-corrected chi connectivity index (χ2v) is 8.01. The molecule has 0 amide bonds. The molecular weight excluding hydrogens is 378 g/mol. The Kier molecular flexibility index (Phi) is 5.80. The Labute approximate surface area is 158 Å². The maximum Gasteiger partial charge on any atom is 0.309 e. The fourth-order valence-electron chi connectivity index (χ4n) is 3.70. The number of hydrogen-bond acceptors (Lipinski definition) is 3. The third-order valence-corrected chi connectivity index (χ3v) is 5.81. The highest BCUT2D eigenvalue weighted by Crippen LogP contribution is 2.34. The van der Waals surface area contributed by atoms with E-state index in [0.29, 0.717) is 6.04 Å². The molecule has 0 bridgehead atoms. The summed E-state index contributed by atoms with van der Waals surface area (Å²) >= 11 is 3.65. The highest BCUT2D eigenvalue weighted by atomic mass is 79.9. The van der Waals surface area contributed by atoms with Crippen LogP contribution in [-0.4, -0.2) is 30.1 Å². The maximum absolute atomic E-state index is 12.1. The molecule has 0 radical (unpaired) electrons. The molecule has 0 aliphatic carbocycles. The summed E-state index contributed by atoms with van der Waals surface area (Å²) in [5, 5.41) is 2.55. The number of carbonyl (C=O) groups is 1. The molecule has 1 saturated heterocycles. The second kappa shape index (κ2) is 7.88. The number of esters is 1. The van der Waals surface area contributed by atoms with E-state index in [0.717, 1.165) is 30.4 Å². The molecule has 3 nitrogen and oxygen atoms in total. The zero-order valence-corrected chi connectivity index (χ0v) is 16.8.